The molecular weight excluding hydrogens is 269 g/mol. The van der Waals surface area contributed by atoms with Crippen molar-refractivity contribution >= 4 is 11.6 Å². The molecule has 0 atom stereocenters. The number of amides is 1. The topological polar surface area (TPSA) is 68.0 Å². The van der Waals surface area contributed by atoms with E-state index in [1.807, 2.05) is 0 Å². The summed E-state index contributed by atoms with van der Waals surface area (Å²) in [7, 11) is 0. The van der Waals surface area contributed by atoms with E-state index in [0.29, 0.717) is 22.4 Å². The number of hydrogen-bond acceptors (Lipinski definition) is 3. The molecule has 0 fully saturated rings. The first-order valence-electron chi connectivity index (χ1n) is 6.33. The standard InChI is InChI=1S/C16H14FN3O/c1-11-14(17)5-2-6-15(11)20-16(21)13-7-9-19-10-12(13)4-3-8-18/h2,5-7,9-10H,8,18H2,1H3,(H,20,21). The number of carbonyl (C=O) groups is 1. The molecule has 0 saturated carbocycles. The van der Waals surface area contributed by atoms with Gasteiger partial charge < -0.3 is 11.1 Å². The number of nitrogens with one attached hydrogen (secondary N) is 1. The van der Waals surface area contributed by atoms with Crippen LogP contribution < -0.4 is 11.1 Å². The summed E-state index contributed by atoms with van der Waals surface area (Å²) in [6.45, 7) is 1.80. The van der Waals surface area contributed by atoms with Gasteiger partial charge in [-0.15, -0.1) is 0 Å². The Labute approximate surface area is 122 Å². The quantitative estimate of drug-likeness (QED) is 0.829. The zero-order chi connectivity index (χ0) is 15.2. The Balaban J connectivity index is 2.31. The third kappa shape index (κ3) is 3.44. The van der Waals surface area contributed by atoms with Crippen molar-refractivity contribution in [2.75, 3.05) is 11.9 Å². The largest absolute Gasteiger partial charge is 0.322 e. The monoisotopic (exact) mass is 283 g/mol. The van der Waals surface area contributed by atoms with Crippen molar-refractivity contribution in [3.8, 4) is 11.8 Å². The lowest BCUT2D eigenvalue weighted by Crippen LogP contribution is -2.15. The molecule has 2 rings (SSSR count). The van der Waals surface area contributed by atoms with E-state index in [9.17, 15) is 9.18 Å². The summed E-state index contributed by atoms with van der Waals surface area (Å²) >= 11 is 0. The summed E-state index contributed by atoms with van der Waals surface area (Å²) in [4.78, 5) is 16.2. The van der Waals surface area contributed by atoms with Gasteiger partial charge in [-0.3, -0.25) is 9.78 Å². The summed E-state index contributed by atoms with van der Waals surface area (Å²) in [5, 5.41) is 2.68. The number of rotatable bonds is 2. The number of anilines is 1. The van der Waals surface area contributed by atoms with E-state index in [1.165, 1.54) is 18.5 Å². The molecule has 1 aromatic heterocycles. The lowest BCUT2D eigenvalue weighted by Gasteiger charge is -2.09. The lowest BCUT2D eigenvalue weighted by molar-refractivity contribution is 0.102. The zero-order valence-corrected chi connectivity index (χ0v) is 11.5. The molecule has 1 heterocycles. The second kappa shape index (κ2) is 6.64. The van der Waals surface area contributed by atoms with Crippen LogP contribution >= 0.6 is 0 Å². The number of carbonyl (C=O) groups excluding carboxylic acids is 1. The van der Waals surface area contributed by atoms with Gasteiger partial charge in [0.25, 0.3) is 5.91 Å². The first-order chi connectivity index (χ1) is 10.1. The Morgan fingerprint density at radius 3 is 3.00 bits per heavy atom. The van der Waals surface area contributed by atoms with Crippen molar-refractivity contribution in [3.63, 3.8) is 0 Å². The van der Waals surface area contributed by atoms with Gasteiger partial charge in [0.2, 0.25) is 0 Å². The molecule has 0 aliphatic rings. The molecule has 21 heavy (non-hydrogen) atoms. The normalized spacial score (nSPS) is 9.67. The number of benzene rings is 1. The molecule has 0 aliphatic carbocycles. The Morgan fingerprint density at radius 2 is 2.24 bits per heavy atom. The Morgan fingerprint density at radius 1 is 1.43 bits per heavy atom. The highest BCUT2D eigenvalue weighted by atomic mass is 19.1. The third-order valence-electron chi connectivity index (χ3n) is 2.91. The third-order valence-corrected chi connectivity index (χ3v) is 2.91. The fourth-order valence-electron chi connectivity index (χ4n) is 1.77. The minimum Gasteiger partial charge on any atom is -0.322 e. The average molecular weight is 283 g/mol. The molecule has 2 aromatic rings. The van der Waals surface area contributed by atoms with Crippen LogP contribution in [0.1, 0.15) is 21.5 Å². The molecule has 1 aromatic carbocycles. The summed E-state index contributed by atoms with van der Waals surface area (Å²) < 4.78 is 13.5. The van der Waals surface area contributed by atoms with Crippen molar-refractivity contribution in [2.45, 2.75) is 6.92 Å². The smallest absolute Gasteiger partial charge is 0.257 e. The zero-order valence-electron chi connectivity index (χ0n) is 11.5. The number of nitrogens with two attached hydrogens (primary N) is 1. The second-order valence-electron chi connectivity index (χ2n) is 4.29. The highest BCUT2D eigenvalue weighted by Crippen LogP contribution is 2.18. The van der Waals surface area contributed by atoms with Crippen LogP contribution in [0, 0.1) is 24.6 Å². The van der Waals surface area contributed by atoms with Crippen LogP contribution in [0.15, 0.2) is 36.7 Å². The highest BCUT2D eigenvalue weighted by Gasteiger charge is 2.12. The predicted octanol–water partition coefficient (Wildman–Crippen LogP) is 2.09. The molecule has 1 amide bonds. The van der Waals surface area contributed by atoms with E-state index in [-0.39, 0.29) is 18.3 Å². The summed E-state index contributed by atoms with van der Waals surface area (Å²) in [6, 6.07) is 6.09. The molecule has 0 saturated heterocycles. The van der Waals surface area contributed by atoms with E-state index in [2.05, 4.69) is 22.1 Å². The molecule has 0 radical (unpaired) electrons. The van der Waals surface area contributed by atoms with Gasteiger partial charge >= 0.3 is 0 Å². The van der Waals surface area contributed by atoms with Crippen LogP contribution in [0.4, 0.5) is 10.1 Å². The van der Waals surface area contributed by atoms with Crippen LogP contribution in [-0.2, 0) is 0 Å². The molecule has 3 N–H and O–H groups in total. The average Bonchev–Trinajstić information content (AvgIpc) is 2.50. The minimum absolute atomic E-state index is 0.193. The molecule has 106 valence electrons. The van der Waals surface area contributed by atoms with Crippen molar-refractivity contribution in [3.05, 3.63) is 59.2 Å². The fourth-order valence-corrected chi connectivity index (χ4v) is 1.77. The molecule has 0 spiro atoms. The molecular formula is C16H14FN3O. The van der Waals surface area contributed by atoms with Gasteiger partial charge in [-0.1, -0.05) is 17.9 Å². The fraction of sp³-hybridized carbons (Fsp3) is 0.125. The molecule has 0 bridgehead atoms. The van der Waals surface area contributed by atoms with Crippen molar-refractivity contribution in [1.82, 2.24) is 4.98 Å². The van der Waals surface area contributed by atoms with Gasteiger partial charge in [0.05, 0.1) is 17.7 Å². The Hall–Kier alpha value is -2.71. The van der Waals surface area contributed by atoms with E-state index >= 15 is 0 Å². The van der Waals surface area contributed by atoms with Crippen molar-refractivity contribution in [2.24, 2.45) is 5.73 Å². The number of aromatic nitrogens is 1. The number of halogens is 1. The first kappa shape index (κ1) is 14.7. The van der Waals surface area contributed by atoms with E-state index < -0.39 is 0 Å². The number of hydrogen-bond donors (Lipinski definition) is 2. The maximum atomic E-state index is 13.5. The van der Waals surface area contributed by atoms with E-state index in [4.69, 9.17) is 5.73 Å². The van der Waals surface area contributed by atoms with E-state index in [1.54, 1.807) is 25.1 Å². The number of pyridine rings is 1. The Kier molecular flexibility index (Phi) is 4.64. The molecule has 4 nitrogen and oxygen atoms in total. The summed E-state index contributed by atoms with van der Waals surface area (Å²) in [5.41, 5.74) is 6.99. The van der Waals surface area contributed by atoms with Gasteiger partial charge in [-0.05, 0) is 25.1 Å². The first-order valence-corrected chi connectivity index (χ1v) is 6.33. The predicted molar refractivity (Wildman–Crippen MR) is 79.3 cm³/mol. The van der Waals surface area contributed by atoms with Crippen LogP contribution in [0.5, 0.6) is 0 Å². The highest BCUT2D eigenvalue weighted by molar-refractivity contribution is 6.06. The number of nitrogens with zero attached hydrogens (tertiary/aromatic N) is 1. The molecule has 5 heteroatoms. The summed E-state index contributed by atoms with van der Waals surface area (Å²) in [5.74, 6) is 4.74. The van der Waals surface area contributed by atoms with Gasteiger partial charge in [0.1, 0.15) is 5.82 Å². The molecule has 0 aliphatic heterocycles. The lowest BCUT2D eigenvalue weighted by atomic mass is 10.1. The van der Waals surface area contributed by atoms with Gasteiger partial charge in [-0.25, -0.2) is 4.39 Å². The van der Waals surface area contributed by atoms with Gasteiger partial charge in [0.15, 0.2) is 0 Å². The second-order valence-corrected chi connectivity index (χ2v) is 4.29. The van der Waals surface area contributed by atoms with Crippen LogP contribution in [-0.4, -0.2) is 17.4 Å². The van der Waals surface area contributed by atoms with Gasteiger partial charge in [-0.2, -0.15) is 0 Å². The maximum absolute atomic E-state index is 13.5. The SMILES string of the molecule is Cc1c(F)cccc1NC(=O)c1ccncc1C#CCN. The van der Waals surface area contributed by atoms with Crippen molar-refractivity contribution < 1.29 is 9.18 Å². The van der Waals surface area contributed by atoms with Crippen LogP contribution in [0.2, 0.25) is 0 Å². The summed E-state index contributed by atoms with van der Waals surface area (Å²) in [6.07, 6.45) is 3.00. The van der Waals surface area contributed by atoms with Gasteiger partial charge in [0, 0.05) is 23.6 Å². The maximum Gasteiger partial charge on any atom is 0.257 e. The van der Waals surface area contributed by atoms with E-state index in [0.717, 1.165) is 0 Å². The molecule has 0 unspecified atom stereocenters. The minimum atomic E-state index is -0.370. The van der Waals surface area contributed by atoms with Crippen molar-refractivity contribution in [1.29, 1.82) is 0 Å². The Bertz CT molecular complexity index is 732. The van der Waals surface area contributed by atoms with Crippen LogP contribution in [0.25, 0.3) is 0 Å². The van der Waals surface area contributed by atoms with Crippen LogP contribution in [0.3, 0.4) is 0 Å².